The average Bonchev–Trinajstić information content (AvgIpc) is 3.44. The van der Waals surface area contributed by atoms with Crippen LogP contribution in [0.3, 0.4) is 0 Å². The van der Waals surface area contributed by atoms with E-state index in [0.29, 0.717) is 5.02 Å². The van der Waals surface area contributed by atoms with Crippen molar-refractivity contribution in [1.29, 1.82) is 0 Å². The summed E-state index contributed by atoms with van der Waals surface area (Å²) in [4.78, 5) is 21.1. The maximum atomic E-state index is 12.6. The Morgan fingerprint density at radius 1 is 1.00 bits per heavy atom. The van der Waals surface area contributed by atoms with Gasteiger partial charge in [0.05, 0.1) is 23.7 Å². The smallest absolute Gasteiger partial charge is 0.251 e. The van der Waals surface area contributed by atoms with Gasteiger partial charge in [0, 0.05) is 30.6 Å². The molecule has 5 rings (SSSR count). The summed E-state index contributed by atoms with van der Waals surface area (Å²) in [6, 6.07) is 15.1. The number of rotatable bonds is 4. The molecule has 0 saturated heterocycles. The number of hydrogen-bond donors (Lipinski definition) is 0. The minimum absolute atomic E-state index is 0.0744. The van der Waals surface area contributed by atoms with Crippen LogP contribution < -0.4 is 5.56 Å². The zero-order valence-electron chi connectivity index (χ0n) is 17.0. The van der Waals surface area contributed by atoms with E-state index in [1.165, 1.54) is 6.33 Å². The Hall–Kier alpha value is -3.71. The second kappa shape index (κ2) is 7.52. The van der Waals surface area contributed by atoms with Crippen LogP contribution in [0.15, 0.2) is 78.5 Å². The van der Waals surface area contributed by atoms with Crippen LogP contribution in [0.4, 0.5) is 0 Å². The first kappa shape index (κ1) is 19.3. The standard InChI is InChI=1S/C23H19ClN6O/c1-28-13-25-11-21(28)23(30-14-26-12-27-30)16-6-7-20-19(9-16)18(10-22(31)29(20)2)15-4-3-5-17(24)8-15/h3-14,23H,1-2H3. The second-order valence-corrected chi connectivity index (χ2v) is 7.89. The lowest BCUT2D eigenvalue weighted by molar-refractivity contribution is 0.563. The van der Waals surface area contributed by atoms with E-state index in [-0.39, 0.29) is 11.6 Å². The molecule has 7 nitrogen and oxygen atoms in total. The molecule has 0 N–H and O–H groups in total. The molecule has 0 spiro atoms. The van der Waals surface area contributed by atoms with Gasteiger partial charge in [0.25, 0.3) is 5.56 Å². The van der Waals surface area contributed by atoms with Gasteiger partial charge in [-0.05, 0) is 41.0 Å². The molecular weight excluding hydrogens is 412 g/mol. The predicted molar refractivity (Wildman–Crippen MR) is 120 cm³/mol. The van der Waals surface area contributed by atoms with Crippen molar-refractivity contribution in [1.82, 2.24) is 28.9 Å². The SMILES string of the molecule is Cn1cncc1C(c1ccc2c(c1)c(-c1cccc(Cl)c1)cc(=O)n2C)n1cncn1. The highest BCUT2D eigenvalue weighted by molar-refractivity contribution is 6.30. The highest BCUT2D eigenvalue weighted by atomic mass is 35.5. The zero-order chi connectivity index (χ0) is 21.5. The number of aryl methyl sites for hydroxylation is 2. The zero-order valence-corrected chi connectivity index (χ0v) is 17.7. The molecule has 5 aromatic rings. The first-order valence-corrected chi connectivity index (χ1v) is 10.1. The molecule has 0 aliphatic rings. The van der Waals surface area contributed by atoms with E-state index in [1.807, 2.05) is 54.2 Å². The molecule has 154 valence electrons. The Morgan fingerprint density at radius 2 is 1.87 bits per heavy atom. The van der Waals surface area contributed by atoms with Gasteiger partial charge < -0.3 is 9.13 Å². The van der Waals surface area contributed by atoms with E-state index in [4.69, 9.17) is 11.6 Å². The van der Waals surface area contributed by atoms with Crippen molar-refractivity contribution in [3.63, 3.8) is 0 Å². The van der Waals surface area contributed by atoms with Gasteiger partial charge in [0.15, 0.2) is 0 Å². The summed E-state index contributed by atoms with van der Waals surface area (Å²) in [6.07, 6.45) is 6.81. The van der Waals surface area contributed by atoms with Gasteiger partial charge in [-0.25, -0.2) is 14.6 Å². The van der Waals surface area contributed by atoms with Crippen LogP contribution in [0.25, 0.3) is 22.0 Å². The van der Waals surface area contributed by atoms with Crippen LogP contribution in [0.5, 0.6) is 0 Å². The summed E-state index contributed by atoms with van der Waals surface area (Å²) in [6.45, 7) is 0. The Morgan fingerprint density at radius 3 is 2.58 bits per heavy atom. The van der Waals surface area contributed by atoms with E-state index < -0.39 is 0 Å². The maximum absolute atomic E-state index is 12.6. The minimum Gasteiger partial charge on any atom is -0.336 e. The van der Waals surface area contributed by atoms with E-state index >= 15 is 0 Å². The summed E-state index contributed by atoms with van der Waals surface area (Å²) in [5.41, 5.74) is 4.47. The van der Waals surface area contributed by atoms with Crippen molar-refractivity contribution < 1.29 is 0 Å². The van der Waals surface area contributed by atoms with Crippen molar-refractivity contribution >= 4 is 22.5 Å². The number of imidazole rings is 1. The quantitative estimate of drug-likeness (QED) is 0.434. The molecular formula is C23H19ClN6O. The fourth-order valence-corrected chi connectivity index (χ4v) is 4.17. The fraction of sp³-hybridized carbons (Fsp3) is 0.130. The highest BCUT2D eigenvalue weighted by Crippen LogP contribution is 2.33. The number of aromatic nitrogens is 6. The first-order chi connectivity index (χ1) is 15.0. The lowest BCUT2D eigenvalue weighted by atomic mass is 9.96. The number of nitrogens with zero attached hydrogens (tertiary/aromatic N) is 6. The summed E-state index contributed by atoms with van der Waals surface area (Å²) >= 11 is 6.24. The number of halogens is 1. The number of hydrogen-bond acceptors (Lipinski definition) is 4. The van der Waals surface area contributed by atoms with Crippen LogP contribution >= 0.6 is 11.6 Å². The molecule has 2 aromatic carbocycles. The van der Waals surface area contributed by atoms with E-state index in [1.54, 1.807) is 35.0 Å². The normalized spacial score (nSPS) is 12.4. The first-order valence-electron chi connectivity index (χ1n) is 9.73. The molecule has 0 fully saturated rings. The molecule has 1 atom stereocenters. The fourth-order valence-electron chi connectivity index (χ4n) is 3.98. The summed E-state index contributed by atoms with van der Waals surface area (Å²) in [5, 5.41) is 5.96. The van der Waals surface area contributed by atoms with E-state index in [2.05, 4.69) is 21.1 Å². The molecule has 0 bridgehead atoms. The number of benzene rings is 2. The van der Waals surface area contributed by atoms with Crippen molar-refractivity contribution in [2.24, 2.45) is 14.1 Å². The molecule has 0 radical (unpaired) electrons. The third-order valence-electron chi connectivity index (χ3n) is 5.56. The Balaban J connectivity index is 1.79. The van der Waals surface area contributed by atoms with Gasteiger partial charge in [0.2, 0.25) is 0 Å². The maximum Gasteiger partial charge on any atom is 0.251 e. The summed E-state index contributed by atoms with van der Waals surface area (Å²) in [5.74, 6) is 0. The predicted octanol–water partition coefficient (Wildman–Crippen LogP) is 3.82. The summed E-state index contributed by atoms with van der Waals surface area (Å²) < 4.78 is 5.43. The average molecular weight is 431 g/mol. The molecule has 1 unspecified atom stereocenters. The Labute approximate surface area is 183 Å². The van der Waals surface area contributed by atoms with Crippen molar-refractivity contribution in [3.8, 4) is 11.1 Å². The third-order valence-corrected chi connectivity index (χ3v) is 5.79. The minimum atomic E-state index is -0.219. The molecule has 0 saturated carbocycles. The number of pyridine rings is 1. The lowest BCUT2D eigenvalue weighted by Gasteiger charge is -2.20. The molecule has 0 aliphatic heterocycles. The molecule has 0 aliphatic carbocycles. The molecule has 31 heavy (non-hydrogen) atoms. The van der Waals surface area contributed by atoms with Crippen molar-refractivity contribution in [2.45, 2.75) is 6.04 Å². The van der Waals surface area contributed by atoms with Crippen LogP contribution in [0, 0.1) is 0 Å². The highest BCUT2D eigenvalue weighted by Gasteiger charge is 2.21. The lowest BCUT2D eigenvalue weighted by Crippen LogP contribution is -2.18. The van der Waals surface area contributed by atoms with Gasteiger partial charge in [0.1, 0.15) is 18.7 Å². The topological polar surface area (TPSA) is 70.5 Å². The van der Waals surface area contributed by atoms with Gasteiger partial charge in [-0.2, -0.15) is 5.10 Å². The Kier molecular flexibility index (Phi) is 4.67. The van der Waals surface area contributed by atoms with Gasteiger partial charge in [-0.15, -0.1) is 0 Å². The van der Waals surface area contributed by atoms with Gasteiger partial charge in [-0.1, -0.05) is 29.8 Å². The molecule has 8 heteroatoms. The van der Waals surface area contributed by atoms with Crippen LogP contribution in [-0.4, -0.2) is 28.9 Å². The van der Waals surface area contributed by atoms with Crippen LogP contribution in [0.1, 0.15) is 17.3 Å². The molecule has 0 amide bonds. The summed E-state index contributed by atoms with van der Waals surface area (Å²) in [7, 11) is 3.73. The van der Waals surface area contributed by atoms with Gasteiger partial charge >= 0.3 is 0 Å². The molecule has 3 heterocycles. The monoisotopic (exact) mass is 430 g/mol. The van der Waals surface area contributed by atoms with Gasteiger partial charge in [-0.3, -0.25) is 4.79 Å². The third kappa shape index (κ3) is 3.33. The van der Waals surface area contributed by atoms with Crippen LogP contribution in [-0.2, 0) is 14.1 Å². The van der Waals surface area contributed by atoms with Crippen LogP contribution in [0.2, 0.25) is 5.02 Å². The van der Waals surface area contributed by atoms with E-state index in [0.717, 1.165) is 33.3 Å². The number of fused-ring (bicyclic) bond motifs is 1. The van der Waals surface area contributed by atoms with Crippen molar-refractivity contribution in [2.75, 3.05) is 0 Å². The van der Waals surface area contributed by atoms with E-state index in [9.17, 15) is 4.79 Å². The van der Waals surface area contributed by atoms with Crippen molar-refractivity contribution in [3.05, 3.63) is 100 Å². The Bertz CT molecular complexity index is 1450. The molecule has 3 aromatic heterocycles. The largest absolute Gasteiger partial charge is 0.336 e. The second-order valence-electron chi connectivity index (χ2n) is 7.45.